The third kappa shape index (κ3) is 5.95. The van der Waals surface area contributed by atoms with E-state index < -0.39 is 35.1 Å². The number of rotatable bonds is 11. The van der Waals surface area contributed by atoms with Gasteiger partial charge in [0.15, 0.2) is 5.76 Å². The van der Waals surface area contributed by atoms with E-state index >= 15 is 0 Å². The van der Waals surface area contributed by atoms with Crippen LogP contribution < -0.4 is 26.8 Å². The molecule has 0 radical (unpaired) electrons. The van der Waals surface area contributed by atoms with Crippen molar-refractivity contribution in [1.82, 2.24) is 20.5 Å². The van der Waals surface area contributed by atoms with Crippen LogP contribution in [-0.2, 0) is 25.7 Å². The summed E-state index contributed by atoms with van der Waals surface area (Å²) in [4.78, 5) is 77.2. The van der Waals surface area contributed by atoms with Crippen LogP contribution in [0.4, 0.5) is 5.69 Å². The van der Waals surface area contributed by atoms with Crippen LogP contribution in [0.1, 0.15) is 69.0 Å². The van der Waals surface area contributed by atoms with Gasteiger partial charge in [-0.05, 0) is 67.6 Å². The number of Topliss-reactive ketones (excluding diaryl/α,β-unsaturated/α-hetero) is 1. The Bertz CT molecular complexity index is 1770. The molecule has 1 aromatic carbocycles. The minimum Gasteiger partial charge on any atom is -0.451 e. The van der Waals surface area contributed by atoms with Crippen molar-refractivity contribution >= 4 is 46.1 Å². The Kier molecular flexibility index (Phi) is 8.92. The number of hydrogen-bond acceptors (Lipinski definition) is 7. The van der Waals surface area contributed by atoms with Crippen LogP contribution in [0.15, 0.2) is 51.8 Å². The molecule has 0 saturated heterocycles. The number of carbonyl (C=O) groups is 5. The molecule has 0 unspecified atom stereocenters. The number of ketones is 1. The summed E-state index contributed by atoms with van der Waals surface area (Å²) in [6.07, 6.45) is 4.01. The van der Waals surface area contributed by atoms with Crippen molar-refractivity contribution < 1.29 is 28.4 Å². The van der Waals surface area contributed by atoms with Gasteiger partial charge in [-0.25, -0.2) is 0 Å². The topological polar surface area (TPSA) is 169 Å². The van der Waals surface area contributed by atoms with Gasteiger partial charge in [-0.3, -0.25) is 28.8 Å². The fourth-order valence-electron chi connectivity index (χ4n) is 7.20. The molecule has 4 amide bonds. The third-order valence-corrected chi connectivity index (χ3v) is 10.5. The highest BCUT2D eigenvalue weighted by Crippen LogP contribution is 2.65. The second-order valence-electron chi connectivity index (χ2n) is 13.2. The highest BCUT2D eigenvalue weighted by Gasteiger charge is 2.61. The minimum absolute atomic E-state index is 0.00237. The molecule has 2 aliphatic rings. The van der Waals surface area contributed by atoms with Crippen LogP contribution in [0.25, 0.3) is 11.0 Å². The molecule has 2 heterocycles. The second-order valence-corrected chi connectivity index (χ2v) is 13.2. The highest BCUT2D eigenvalue weighted by molar-refractivity contribution is 6.36. The molecule has 2 aromatic heterocycles. The number of aryl methyl sites for hydroxylation is 1. The van der Waals surface area contributed by atoms with Crippen LogP contribution in [-0.4, -0.2) is 53.1 Å². The van der Waals surface area contributed by atoms with Crippen LogP contribution >= 0.6 is 0 Å². The van der Waals surface area contributed by atoms with Gasteiger partial charge in [0.05, 0.1) is 0 Å². The molecule has 244 valence electrons. The van der Waals surface area contributed by atoms with Crippen molar-refractivity contribution in [2.75, 3.05) is 12.4 Å². The maximum absolute atomic E-state index is 13.5. The number of nitrogens with zero attached hydrogens (tertiary/aromatic N) is 1. The zero-order valence-corrected chi connectivity index (χ0v) is 26.8. The zero-order valence-electron chi connectivity index (χ0n) is 26.8. The first-order valence-corrected chi connectivity index (χ1v) is 15.6. The average molecular weight is 632 g/mol. The molecule has 3 aromatic rings. The lowest BCUT2D eigenvalue weighted by atomic mass is 9.69. The highest BCUT2D eigenvalue weighted by atomic mass is 16.3. The number of para-hydroxylation sites is 1. The Balaban J connectivity index is 1.30. The summed E-state index contributed by atoms with van der Waals surface area (Å²) < 4.78 is 6.94. The van der Waals surface area contributed by atoms with E-state index in [4.69, 9.17) is 4.42 Å². The van der Waals surface area contributed by atoms with Crippen molar-refractivity contribution in [2.24, 2.45) is 16.7 Å². The SMILES string of the molecule is CNC(=O)C(=O)CC[C@H](NC(=O)c1oc2ccccc2c1C)C(=O)Nc1cccn(CC(=O)N[C@H]2C[C@H]3CC[C@@]2(C)C3(C)C)c1=O. The first kappa shape index (κ1) is 32.6. The average Bonchev–Trinajstić information content (AvgIpc) is 3.55. The second kappa shape index (κ2) is 12.6. The van der Waals surface area contributed by atoms with Crippen LogP contribution in [0.3, 0.4) is 0 Å². The molecule has 5 rings (SSSR count). The molecule has 4 N–H and O–H groups in total. The van der Waals surface area contributed by atoms with Crippen molar-refractivity contribution in [2.45, 2.75) is 78.4 Å². The van der Waals surface area contributed by atoms with Gasteiger partial charge in [-0.15, -0.1) is 0 Å². The molecule has 0 spiro atoms. The number of likely N-dealkylation sites (N-methyl/N-ethyl adjacent to an activating group) is 1. The molecule has 2 bridgehead atoms. The summed E-state index contributed by atoms with van der Waals surface area (Å²) in [5, 5.41) is 11.3. The number of hydrogen-bond donors (Lipinski definition) is 4. The number of benzene rings is 1. The molecular formula is C34H41N5O7. The normalized spacial score (nSPS) is 21.8. The smallest absolute Gasteiger partial charge is 0.287 e. The predicted molar refractivity (Wildman–Crippen MR) is 171 cm³/mol. The van der Waals surface area contributed by atoms with E-state index in [0.29, 0.717) is 17.1 Å². The number of carbonyl (C=O) groups excluding carboxylic acids is 5. The largest absolute Gasteiger partial charge is 0.451 e. The molecule has 2 aliphatic carbocycles. The summed E-state index contributed by atoms with van der Waals surface area (Å²) in [5.41, 5.74) is 0.448. The number of furan rings is 1. The molecule has 2 saturated carbocycles. The van der Waals surface area contributed by atoms with E-state index in [1.54, 1.807) is 25.1 Å². The summed E-state index contributed by atoms with van der Waals surface area (Å²) >= 11 is 0. The van der Waals surface area contributed by atoms with Gasteiger partial charge in [-0.2, -0.15) is 0 Å². The summed E-state index contributed by atoms with van der Waals surface area (Å²) in [5.74, 6) is -2.82. The lowest BCUT2D eigenvalue weighted by molar-refractivity contribution is -0.137. The van der Waals surface area contributed by atoms with E-state index in [-0.39, 0.29) is 53.6 Å². The Morgan fingerprint density at radius 3 is 2.46 bits per heavy atom. The first-order valence-electron chi connectivity index (χ1n) is 15.6. The number of fused-ring (bicyclic) bond motifs is 3. The van der Waals surface area contributed by atoms with E-state index in [9.17, 15) is 28.8 Å². The maximum Gasteiger partial charge on any atom is 0.287 e. The number of pyridine rings is 1. The molecule has 12 nitrogen and oxygen atoms in total. The first-order chi connectivity index (χ1) is 21.8. The van der Waals surface area contributed by atoms with Crippen LogP contribution in [0.2, 0.25) is 0 Å². The minimum atomic E-state index is -1.30. The lowest BCUT2D eigenvalue weighted by Crippen LogP contribution is -2.48. The maximum atomic E-state index is 13.5. The van der Waals surface area contributed by atoms with Gasteiger partial charge in [0.1, 0.15) is 23.9 Å². The third-order valence-electron chi connectivity index (χ3n) is 10.5. The van der Waals surface area contributed by atoms with Crippen LogP contribution in [0.5, 0.6) is 0 Å². The summed E-state index contributed by atoms with van der Waals surface area (Å²) in [6, 6.07) is 8.74. The van der Waals surface area contributed by atoms with Gasteiger partial charge in [0.2, 0.25) is 17.6 Å². The fraction of sp³-hybridized carbons (Fsp3) is 0.471. The van der Waals surface area contributed by atoms with E-state index in [1.807, 2.05) is 6.07 Å². The fourth-order valence-corrected chi connectivity index (χ4v) is 7.20. The van der Waals surface area contributed by atoms with Crippen molar-refractivity contribution in [3.8, 4) is 0 Å². The standard InChI is InChI=1S/C34H41N5O7/c1-19-21-9-6-7-11-25(21)46-28(19)31(44)36-22(12-13-24(40)30(43)35-5)29(42)37-23-10-8-16-39(32(23)45)18-27(41)38-26-17-20-14-15-34(26,4)33(20,2)3/h6-11,16,20,22,26H,12-15,17-18H2,1-5H3,(H,35,43)(H,36,44)(H,37,42)(H,38,41)/t20-,22+,26+,34-/m1/s1. The van der Waals surface area contributed by atoms with Gasteiger partial charge in [0, 0.05) is 36.7 Å². The van der Waals surface area contributed by atoms with Crippen molar-refractivity contribution in [3.05, 3.63) is 64.3 Å². The zero-order chi connectivity index (χ0) is 33.4. The Morgan fingerprint density at radius 1 is 1.07 bits per heavy atom. The van der Waals surface area contributed by atoms with Gasteiger partial charge < -0.3 is 30.3 Å². The molecule has 12 heteroatoms. The molecule has 2 fully saturated rings. The van der Waals surface area contributed by atoms with Gasteiger partial charge in [0.25, 0.3) is 17.4 Å². The Morgan fingerprint density at radius 2 is 1.80 bits per heavy atom. The number of anilines is 1. The summed E-state index contributed by atoms with van der Waals surface area (Å²) in [7, 11) is 1.32. The monoisotopic (exact) mass is 631 g/mol. The summed E-state index contributed by atoms with van der Waals surface area (Å²) in [6.45, 7) is 8.23. The van der Waals surface area contributed by atoms with E-state index in [1.165, 1.54) is 29.9 Å². The van der Waals surface area contributed by atoms with E-state index in [2.05, 4.69) is 42.0 Å². The Hall–Kier alpha value is -4.74. The quantitative estimate of drug-likeness (QED) is 0.236. The number of amides is 4. The van der Waals surface area contributed by atoms with E-state index in [0.717, 1.165) is 24.6 Å². The Labute approximate surface area is 266 Å². The number of aromatic nitrogens is 1. The lowest BCUT2D eigenvalue weighted by Gasteiger charge is -2.39. The van der Waals surface area contributed by atoms with Crippen molar-refractivity contribution in [1.29, 1.82) is 0 Å². The van der Waals surface area contributed by atoms with Crippen molar-refractivity contribution in [3.63, 3.8) is 0 Å². The van der Waals surface area contributed by atoms with Gasteiger partial charge in [-0.1, -0.05) is 39.0 Å². The van der Waals surface area contributed by atoms with Crippen LogP contribution in [0, 0.1) is 23.7 Å². The predicted octanol–water partition coefficient (Wildman–Crippen LogP) is 3.07. The molecule has 46 heavy (non-hydrogen) atoms. The number of nitrogens with one attached hydrogen (secondary N) is 4. The molecule has 4 atom stereocenters. The van der Waals surface area contributed by atoms with Gasteiger partial charge >= 0.3 is 0 Å². The molecule has 0 aliphatic heterocycles. The molecular weight excluding hydrogens is 590 g/mol.